The van der Waals surface area contributed by atoms with Gasteiger partial charge in [-0.1, -0.05) is 50.2 Å². The molecule has 0 aromatic heterocycles. The number of carbonyl (C=O) groups is 1. The molecule has 1 atom stereocenters. The molecule has 1 saturated heterocycles. The van der Waals surface area contributed by atoms with Crippen molar-refractivity contribution in [1.29, 1.82) is 0 Å². The summed E-state index contributed by atoms with van der Waals surface area (Å²) in [6, 6.07) is 17.2. The van der Waals surface area contributed by atoms with Crippen LogP contribution in [0.4, 0.5) is 0 Å². The van der Waals surface area contributed by atoms with Crippen LogP contribution in [-0.4, -0.2) is 48.9 Å². The second-order valence-corrected chi connectivity index (χ2v) is 8.34. The van der Waals surface area contributed by atoms with E-state index in [2.05, 4.69) is 56.1 Å². The minimum atomic E-state index is 0.107. The first-order valence-corrected chi connectivity index (χ1v) is 10.1. The second-order valence-electron chi connectivity index (χ2n) is 8.34. The van der Waals surface area contributed by atoms with Gasteiger partial charge in [0.1, 0.15) is 0 Å². The number of hydrogen-bond acceptors (Lipinski definition) is 2. The quantitative estimate of drug-likeness (QED) is 0.740. The van der Waals surface area contributed by atoms with E-state index in [4.69, 9.17) is 0 Å². The minimum Gasteiger partial charge on any atom is -0.340 e. The fraction of sp³-hybridized carbons (Fsp3) is 0.458. The van der Waals surface area contributed by atoms with Gasteiger partial charge in [-0.05, 0) is 67.6 Å². The third kappa shape index (κ3) is 4.98. The van der Waals surface area contributed by atoms with Crippen molar-refractivity contribution in [2.24, 2.45) is 5.92 Å². The van der Waals surface area contributed by atoms with Gasteiger partial charge in [0.2, 0.25) is 0 Å². The molecule has 0 unspecified atom stereocenters. The largest absolute Gasteiger partial charge is 0.340 e. The molecule has 1 amide bonds. The van der Waals surface area contributed by atoms with E-state index in [-0.39, 0.29) is 5.91 Å². The van der Waals surface area contributed by atoms with Gasteiger partial charge in [0, 0.05) is 25.2 Å². The molecule has 3 nitrogen and oxygen atoms in total. The fourth-order valence-electron chi connectivity index (χ4n) is 4.01. The van der Waals surface area contributed by atoms with E-state index in [1.165, 1.54) is 24.0 Å². The van der Waals surface area contributed by atoms with Crippen molar-refractivity contribution in [3.8, 4) is 11.1 Å². The molecular formula is C24H32N2O. The van der Waals surface area contributed by atoms with Crippen molar-refractivity contribution in [2.45, 2.75) is 39.2 Å². The van der Waals surface area contributed by atoms with Crippen LogP contribution in [0.3, 0.4) is 0 Å². The molecule has 2 aromatic carbocycles. The number of amides is 1. The first-order chi connectivity index (χ1) is 12.9. The van der Waals surface area contributed by atoms with Crippen LogP contribution in [0.2, 0.25) is 0 Å². The standard InChI is InChI=1S/C24H32N2O/c1-18(2)14-19-8-5-9-20(15-19)21-10-6-11-22(16-21)24(27)26(4)17-23-12-7-13-25(23)3/h5-6,8-11,15-16,18,23H,7,12-14,17H2,1-4H3/t23-/m0/s1. The molecule has 0 aliphatic carbocycles. The van der Waals surface area contributed by atoms with E-state index in [0.29, 0.717) is 12.0 Å². The molecule has 0 spiro atoms. The van der Waals surface area contributed by atoms with Crippen molar-refractivity contribution in [2.75, 3.05) is 27.2 Å². The summed E-state index contributed by atoms with van der Waals surface area (Å²) in [5.41, 5.74) is 4.41. The lowest BCUT2D eigenvalue weighted by Gasteiger charge is -2.26. The smallest absolute Gasteiger partial charge is 0.253 e. The van der Waals surface area contributed by atoms with Crippen molar-refractivity contribution < 1.29 is 4.79 Å². The van der Waals surface area contributed by atoms with E-state index >= 15 is 0 Å². The van der Waals surface area contributed by atoms with Gasteiger partial charge in [-0.15, -0.1) is 0 Å². The molecule has 0 N–H and O–H groups in total. The first kappa shape index (κ1) is 19.6. The maximum absolute atomic E-state index is 12.9. The third-order valence-corrected chi connectivity index (χ3v) is 5.52. The van der Waals surface area contributed by atoms with Crippen LogP contribution in [0.1, 0.15) is 42.6 Å². The van der Waals surface area contributed by atoms with E-state index in [0.717, 1.165) is 30.6 Å². The van der Waals surface area contributed by atoms with Crippen LogP contribution >= 0.6 is 0 Å². The van der Waals surface area contributed by atoms with E-state index in [9.17, 15) is 4.79 Å². The average molecular weight is 365 g/mol. The number of likely N-dealkylation sites (N-methyl/N-ethyl adjacent to an activating group) is 2. The minimum absolute atomic E-state index is 0.107. The number of rotatable bonds is 6. The highest BCUT2D eigenvalue weighted by molar-refractivity contribution is 5.95. The summed E-state index contributed by atoms with van der Waals surface area (Å²) in [5.74, 6) is 0.742. The molecule has 3 rings (SSSR count). The van der Waals surface area contributed by atoms with Gasteiger partial charge in [-0.3, -0.25) is 4.79 Å². The Bertz CT molecular complexity index is 783. The van der Waals surface area contributed by atoms with Crippen LogP contribution in [0.5, 0.6) is 0 Å². The Morgan fingerprint density at radius 1 is 1.15 bits per heavy atom. The van der Waals surface area contributed by atoms with Crippen LogP contribution in [0.15, 0.2) is 48.5 Å². The monoisotopic (exact) mass is 364 g/mol. The molecule has 0 saturated carbocycles. The van der Waals surface area contributed by atoms with Crippen LogP contribution in [0.25, 0.3) is 11.1 Å². The zero-order valence-electron chi connectivity index (χ0n) is 17.1. The Morgan fingerprint density at radius 2 is 1.85 bits per heavy atom. The van der Waals surface area contributed by atoms with Crippen molar-refractivity contribution in [1.82, 2.24) is 9.80 Å². The molecule has 2 aromatic rings. The van der Waals surface area contributed by atoms with Crippen LogP contribution in [0, 0.1) is 5.92 Å². The molecule has 1 fully saturated rings. The molecule has 1 heterocycles. The summed E-state index contributed by atoms with van der Waals surface area (Å²) in [7, 11) is 4.07. The molecule has 144 valence electrons. The maximum Gasteiger partial charge on any atom is 0.253 e. The van der Waals surface area contributed by atoms with Gasteiger partial charge in [0.15, 0.2) is 0 Å². The predicted molar refractivity (Wildman–Crippen MR) is 113 cm³/mol. The molecule has 1 aliphatic rings. The number of hydrogen-bond donors (Lipinski definition) is 0. The van der Waals surface area contributed by atoms with E-state index < -0.39 is 0 Å². The van der Waals surface area contributed by atoms with Gasteiger partial charge in [-0.2, -0.15) is 0 Å². The molecule has 3 heteroatoms. The zero-order valence-corrected chi connectivity index (χ0v) is 17.1. The highest BCUT2D eigenvalue weighted by atomic mass is 16.2. The fourth-order valence-corrected chi connectivity index (χ4v) is 4.01. The highest BCUT2D eigenvalue weighted by Gasteiger charge is 2.24. The Kier molecular flexibility index (Phi) is 6.33. The lowest BCUT2D eigenvalue weighted by molar-refractivity contribution is 0.0761. The summed E-state index contributed by atoms with van der Waals surface area (Å²) in [4.78, 5) is 17.2. The molecular weight excluding hydrogens is 332 g/mol. The summed E-state index contributed by atoms with van der Waals surface area (Å²) < 4.78 is 0. The number of nitrogens with zero attached hydrogens (tertiary/aromatic N) is 2. The lowest BCUT2D eigenvalue weighted by atomic mass is 9.97. The first-order valence-electron chi connectivity index (χ1n) is 10.1. The van der Waals surface area contributed by atoms with E-state index in [1.54, 1.807) is 0 Å². The van der Waals surface area contributed by atoms with Crippen molar-refractivity contribution in [3.63, 3.8) is 0 Å². The predicted octanol–water partition coefficient (Wildman–Crippen LogP) is 4.72. The summed E-state index contributed by atoms with van der Waals surface area (Å²) in [5, 5.41) is 0. The molecule has 27 heavy (non-hydrogen) atoms. The summed E-state index contributed by atoms with van der Waals surface area (Å²) in [6.45, 7) is 6.41. The van der Waals surface area contributed by atoms with Gasteiger partial charge in [0.25, 0.3) is 5.91 Å². The van der Waals surface area contributed by atoms with Gasteiger partial charge in [-0.25, -0.2) is 0 Å². The SMILES string of the molecule is CC(C)Cc1cccc(-c2cccc(C(=O)N(C)C[C@@H]3CCCN3C)c2)c1. The topological polar surface area (TPSA) is 23.6 Å². The second kappa shape index (κ2) is 8.71. The Labute approximate surface area is 164 Å². The van der Waals surface area contributed by atoms with Gasteiger partial charge < -0.3 is 9.80 Å². The number of benzene rings is 2. The van der Waals surface area contributed by atoms with Gasteiger partial charge >= 0.3 is 0 Å². The zero-order chi connectivity index (χ0) is 19.4. The Balaban J connectivity index is 1.76. The highest BCUT2D eigenvalue weighted by Crippen LogP contribution is 2.24. The normalized spacial score (nSPS) is 17.4. The summed E-state index contributed by atoms with van der Waals surface area (Å²) >= 11 is 0. The van der Waals surface area contributed by atoms with E-state index in [1.807, 2.05) is 30.1 Å². The summed E-state index contributed by atoms with van der Waals surface area (Å²) in [6.07, 6.45) is 3.48. The lowest BCUT2D eigenvalue weighted by Crippen LogP contribution is -2.39. The van der Waals surface area contributed by atoms with Crippen molar-refractivity contribution in [3.05, 3.63) is 59.7 Å². The van der Waals surface area contributed by atoms with Crippen LogP contribution < -0.4 is 0 Å². The van der Waals surface area contributed by atoms with Crippen molar-refractivity contribution >= 4 is 5.91 Å². The average Bonchev–Trinajstić information content (AvgIpc) is 3.05. The molecule has 0 bridgehead atoms. The Hall–Kier alpha value is -2.13. The van der Waals surface area contributed by atoms with Crippen LogP contribution in [-0.2, 0) is 6.42 Å². The maximum atomic E-state index is 12.9. The Morgan fingerprint density at radius 3 is 2.52 bits per heavy atom. The number of likely N-dealkylation sites (tertiary alicyclic amines) is 1. The molecule has 1 aliphatic heterocycles. The third-order valence-electron chi connectivity index (χ3n) is 5.52. The number of carbonyl (C=O) groups excluding carboxylic acids is 1. The molecule has 0 radical (unpaired) electrons. The van der Waals surface area contributed by atoms with Gasteiger partial charge in [0.05, 0.1) is 0 Å².